The Labute approximate surface area is 171 Å². The van der Waals surface area contributed by atoms with Crippen LogP contribution in [0.15, 0.2) is 60.9 Å². The van der Waals surface area contributed by atoms with Crippen LogP contribution >= 0.6 is 0 Å². The van der Waals surface area contributed by atoms with Crippen molar-refractivity contribution in [2.24, 2.45) is 0 Å². The number of H-pyrrole nitrogens is 1. The Morgan fingerprint density at radius 3 is 2.63 bits per heavy atom. The molecule has 0 saturated carbocycles. The van der Waals surface area contributed by atoms with Crippen LogP contribution in [0.1, 0.15) is 21.5 Å². The van der Waals surface area contributed by atoms with Crippen LogP contribution in [0.4, 0.5) is 8.78 Å². The van der Waals surface area contributed by atoms with Crippen molar-refractivity contribution < 1.29 is 22.0 Å². The fraction of sp³-hybridized carbons (Fsp3) is 0.0909. The van der Waals surface area contributed by atoms with Gasteiger partial charge in [0.2, 0.25) is 0 Å². The summed E-state index contributed by atoms with van der Waals surface area (Å²) >= 11 is 0. The molecular formula is C22H16F2N2O3S. The minimum Gasteiger partial charge on any atom is -0.345 e. The Morgan fingerprint density at radius 2 is 1.87 bits per heavy atom. The highest BCUT2D eigenvalue weighted by Gasteiger charge is 2.21. The van der Waals surface area contributed by atoms with E-state index < -0.39 is 27.3 Å². The van der Waals surface area contributed by atoms with Crippen molar-refractivity contribution in [3.8, 4) is 11.1 Å². The zero-order chi connectivity index (χ0) is 21.5. The van der Waals surface area contributed by atoms with E-state index in [2.05, 4.69) is 9.97 Å². The van der Waals surface area contributed by atoms with E-state index in [9.17, 15) is 22.0 Å². The maximum absolute atomic E-state index is 14.2. The molecule has 4 aromatic rings. The van der Waals surface area contributed by atoms with Gasteiger partial charge in [0.1, 0.15) is 17.3 Å². The summed E-state index contributed by atoms with van der Waals surface area (Å²) in [4.78, 5) is 20.1. The molecule has 0 atom stereocenters. The van der Waals surface area contributed by atoms with Gasteiger partial charge in [-0.3, -0.25) is 4.79 Å². The Balaban J connectivity index is 1.88. The molecule has 0 spiro atoms. The first-order valence-corrected chi connectivity index (χ1v) is 11.0. The van der Waals surface area contributed by atoms with E-state index >= 15 is 0 Å². The topological polar surface area (TPSA) is 79.9 Å². The third-order valence-corrected chi connectivity index (χ3v) is 5.52. The Kier molecular flexibility index (Phi) is 4.95. The zero-order valence-electron chi connectivity index (χ0n) is 15.8. The standard InChI is InChI=1S/C22H16F2N2O3S/c1-30(28,29)12-13-3-2-4-14(9-13)16-7-8-25-22-20(16)18(11-26-22)21(27)17-10-15(23)5-6-19(17)24/h2-11H,12H2,1H3,(H,25,26). The van der Waals surface area contributed by atoms with Crippen molar-refractivity contribution in [2.75, 3.05) is 6.26 Å². The molecule has 0 fully saturated rings. The lowest BCUT2D eigenvalue weighted by atomic mass is 9.96. The summed E-state index contributed by atoms with van der Waals surface area (Å²) in [7, 11) is -3.22. The van der Waals surface area contributed by atoms with Gasteiger partial charge in [-0.2, -0.15) is 0 Å². The third kappa shape index (κ3) is 3.86. The lowest BCUT2D eigenvalue weighted by Gasteiger charge is -2.08. The summed E-state index contributed by atoms with van der Waals surface area (Å²) in [6, 6.07) is 11.3. The van der Waals surface area contributed by atoms with E-state index in [1.165, 1.54) is 6.20 Å². The third-order valence-electron chi connectivity index (χ3n) is 4.66. The summed E-state index contributed by atoms with van der Waals surface area (Å²) in [6.07, 6.45) is 4.11. The van der Waals surface area contributed by atoms with Gasteiger partial charge in [-0.05, 0) is 41.0 Å². The zero-order valence-corrected chi connectivity index (χ0v) is 16.6. The minimum atomic E-state index is -3.22. The Bertz CT molecular complexity index is 1390. The number of ketones is 1. The fourth-order valence-corrected chi connectivity index (χ4v) is 4.21. The number of rotatable bonds is 5. The number of benzene rings is 2. The van der Waals surface area contributed by atoms with Gasteiger partial charge in [0.15, 0.2) is 15.6 Å². The maximum Gasteiger partial charge on any atom is 0.198 e. The molecule has 2 aromatic carbocycles. The Morgan fingerprint density at radius 1 is 1.07 bits per heavy atom. The highest BCUT2D eigenvalue weighted by molar-refractivity contribution is 7.89. The average molecular weight is 426 g/mol. The molecule has 5 nitrogen and oxygen atoms in total. The minimum absolute atomic E-state index is 0.123. The smallest absolute Gasteiger partial charge is 0.198 e. The number of sulfone groups is 1. The van der Waals surface area contributed by atoms with Crippen LogP contribution in [0.2, 0.25) is 0 Å². The second-order valence-corrected chi connectivity index (χ2v) is 9.15. The molecule has 8 heteroatoms. The van der Waals surface area contributed by atoms with E-state index in [-0.39, 0.29) is 16.9 Å². The van der Waals surface area contributed by atoms with Crippen molar-refractivity contribution in [3.63, 3.8) is 0 Å². The van der Waals surface area contributed by atoms with E-state index in [0.717, 1.165) is 24.5 Å². The fourth-order valence-electron chi connectivity index (χ4n) is 3.42. The van der Waals surface area contributed by atoms with Crippen molar-refractivity contribution in [1.82, 2.24) is 9.97 Å². The van der Waals surface area contributed by atoms with Crippen LogP contribution in [0.25, 0.3) is 22.2 Å². The highest BCUT2D eigenvalue weighted by atomic mass is 32.2. The van der Waals surface area contributed by atoms with Gasteiger partial charge < -0.3 is 4.98 Å². The molecule has 0 unspecified atom stereocenters. The normalized spacial score (nSPS) is 11.7. The molecule has 0 amide bonds. The summed E-state index contributed by atoms with van der Waals surface area (Å²) in [5.74, 6) is -2.34. The first-order chi connectivity index (χ1) is 14.2. The average Bonchev–Trinajstić information content (AvgIpc) is 3.12. The molecule has 0 aliphatic rings. The SMILES string of the molecule is CS(=O)(=O)Cc1cccc(-c2ccnc3[nH]cc(C(=O)c4cc(F)ccc4F)c23)c1. The number of hydrogen-bond donors (Lipinski definition) is 1. The van der Waals surface area contributed by atoms with Gasteiger partial charge in [0, 0.05) is 24.0 Å². The van der Waals surface area contributed by atoms with Crippen LogP contribution in [-0.4, -0.2) is 30.4 Å². The van der Waals surface area contributed by atoms with Gasteiger partial charge in [0.25, 0.3) is 0 Å². The maximum atomic E-state index is 14.2. The number of carbonyl (C=O) groups excluding carboxylic acids is 1. The van der Waals surface area contributed by atoms with Crippen LogP contribution in [-0.2, 0) is 15.6 Å². The van der Waals surface area contributed by atoms with E-state index in [0.29, 0.717) is 27.7 Å². The first-order valence-electron chi connectivity index (χ1n) is 8.96. The largest absolute Gasteiger partial charge is 0.345 e. The van der Waals surface area contributed by atoms with Gasteiger partial charge in [-0.15, -0.1) is 0 Å². The molecule has 4 rings (SSSR count). The number of pyridine rings is 1. The number of nitrogens with one attached hydrogen (secondary N) is 1. The molecule has 152 valence electrons. The second-order valence-electron chi connectivity index (χ2n) is 7.01. The van der Waals surface area contributed by atoms with Crippen molar-refractivity contribution in [1.29, 1.82) is 0 Å². The summed E-state index contributed by atoms with van der Waals surface area (Å²) < 4.78 is 51.1. The highest BCUT2D eigenvalue weighted by Crippen LogP contribution is 2.32. The van der Waals surface area contributed by atoms with E-state index in [4.69, 9.17) is 0 Å². The molecular weight excluding hydrogens is 410 g/mol. The molecule has 30 heavy (non-hydrogen) atoms. The molecule has 0 saturated heterocycles. The van der Waals surface area contributed by atoms with Gasteiger partial charge in [-0.1, -0.05) is 24.3 Å². The lowest BCUT2D eigenvalue weighted by molar-refractivity contribution is 0.103. The van der Waals surface area contributed by atoms with Crippen LogP contribution < -0.4 is 0 Å². The summed E-state index contributed by atoms with van der Waals surface area (Å²) in [6.45, 7) is 0. The summed E-state index contributed by atoms with van der Waals surface area (Å²) in [5, 5.41) is 0.447. The number of fused-ring (bicyclic) bond motifs is 1. The van der Waals surface area contributed by atoms with Crippen LogP contribution in [0.5, 0.6) is 0 Å². The predicted molar refractivity (Wildman–Crippen MR) is 110 cm³/mol. The van der Waals surface area contributed by atoms with Crippen molar-refractivity contribution in [2.45, 2.75) is 5.75 Å². The van der Waals surface area contributed by atoms with Crippen molar-refractivity contribution in [3.05, 3.63) is 89.2 Å². The second kappa shape index (κ2) is 7.46. The van der Waals surface area contributed by atoms with Gasteiger partial charge >= 0.3 is 0 Å². The number of hydrogen-bond acceptors (Lipinski definition) is 4. The monoisotopic (exact) mass is 426 g/mol. The number of nitrogens with zero attached hydrogens (tertiary/aromatic N) is 1. The molecule has 0 aliphatic carbocycles. The van der Waals surface area contributed by atoms with Crippen molar-refractivity contribution >= 4 is 26.7 Å². The first kappa shape index (κ1) is 19.9. The van der Waals surface area contributed by atoms with Crippen LogP contribution in [0.3, 0.4) is 0 Å². The molecule has 2 heterocycles. The van der Waals surface area contributed by atoms with E-state index in [1.807, 2.05) is 0 Å². The Hall–Kier alpha value is -3.39. The van der Waals surface area contributed by atoms with Gasteiger partial charge in [0.05, 0.1) is 16.9 Å². The number of halogens is 2. The molecule has 0 bridgehead atoms. The van der Waals surface area contributed by atoms with Gasteiger partial charge in [-0.25, -0.2) is 22.2 Å². The summed E-state index contributed by atoms with van der Waals surface area (Å²) in [5.41, 5.74) is 2.07. The van der Waals surface area contributed by atoms with Crippen LogP contribution in [0, 0.1) is 11.6 Å². The molecule has 1 N–H and O–H groups in total. The number of carbonyl (C=O) groups is 1. The van der Waals surface area contributed by atoms with E-state index in [1.54, 1.807) is 36.5 Å². The molecule has 0 aliphatic heterocycles. The molecule has 2 aromatic heterocycles. The lowest BCUT2D eigenvalue weighted by Crippen LogP contribution is -2.05. The predicted octanol–water partition coefficient (Wildman–Crippen LogP) is 4.28. The molecule has 0 radical (unpaired) electrons. The number of aromatic nitrogens is 2. The quantitative estimate of drug-likeness (QED) is 0.483. The number of aromatic amines is 1.